The molecule has 1 N–H and O–H groups in total. The van der Waals surface area contributed by atoms with Gasteiger partial charge in [-0.2, -0.15) is 4.31 Å². The highest BCUT2D eigenvalue weighted by Gasteiger charge is 2.26. The first-order chi connectivity index (χ1) is 13.4. The summed E-state index contributed by atoms with van der Waals surface area (Å²) in [7, 11) is -3.24. The van der Waals surface area contributed by atoms with Gasteiger partial charge in [-0.15, -0.1) is 0 Å². The van der Waals surface area contributed by atoms with Gasteiger partial charge < -0.3 is 10.1 Å². The number of rotatable bonds is 7. The van der Waals surface area contributed by atoms with Crippen LogP contribution in [0.3, 0.4) is 0 Å². The molecule has 8 heteroatoms. The van der Waals surface area contributed by atoms with E-state index in [4.69, 9.17) is 16.3 Å². The van der Waals surface area contributed by atoms with E-state index in [9.17, 15) is 13.2 Å². The highest BCUT2D eigenvalue weighted by Crippen LogP contribution is 2.25. The number of halogens is 1. The van der Waals surface area contributed by atoms with Gasteiger partial charge in [0.1, 0.15) is 5.75 Å². The Labute approximate surface area is 170 Å². The van der Waals surface area contributed by atoms with Gasteiger partial charge in [-0.3, -0.25) is 4.79 Å². The van der Waals surface area contributed by atoms with Crippen molar-refractivity contribution in [1.29, 1.82) is 0 Å². The summed E-state index contributed by atoms with van der Waals surface area (Å²) in [6.07, 6.45) is 1.26. The van der Waals surface area contributed by atoms with Gasteiger partial charge in [0, 0.05) is 23.8 Å². The number of hydrogen-bond acceptors (Lipinski definition) is 4. The third kappa shape index (κ3) is 5.25. The summed E-state index contributed by atoms with van der Waals surface area (Å²) >= 11 is 5.89. The zero-order valence-electron chi connectivity index (χ0n) is 15.7. The molecule has 1 heterocycles. The molecule has 2 aromatic carbocycles. The number of fused-ring (bicyclic) bond motifs is 1. The molecule has 2 aromatic rings. The van der Waals surface area contributed by atoms with Crippen molar-refractivity contribution in [2.45, 2.75) is 26.3 Å². The summed E-state index contributed by atoms with van der Waals surface area (Å²) < 4.78 is 31.6. The molecule has 28 heavy (non-hydrogen) atoms. The van der Waals surface area contributed by atoms with Crippen LogP contribution in [0.4, 0.5) is 5.69 Å². The molecule has 0 aliphatic carbocycles. The van der Waals surface area contributed by atoms with E-state index in [-0.39, 0.29) is 18.3 Å². The lowest BCUT2D eigenvalue weighted by molar-refractivity contribution is -0.118. The standard InChI is InChI=1S/C20H23ClN2O4S/c1-2-10-28(25,26)23-9-8-15-6-7-18(11-16(15)13-23)22-20(24)14-27-19-5-3-4-17(21)12-19/h3-7,11-12H,2,8-10,13-14H2,1H3,(H,22,24). The van der Waals surface area contributed by atoms with E-state index in [1.165, 1.54) is 4.31 Å². The molecule has 0 saturated heterocycles. The normalized spacial score (nSPS) is 14.4. The average molecular weight is 423 g/mol. The lowest BCUT2D eigenvalue weighted by atomic mass is 10.0. The highest BCUT2D eigenvalue weighted by molar-refractivity contribution is 7.89. The van der Waals surface area contributed by atoms with Crippen molar-refractivity contribution in [3.63, 3.8) is 0 Å². The molecule has 0 spiro atoms. The zero-order valence-corrected chi connectivity index (χ0v) is 17.2. The largest absolute Gasteiger partial charge is 0.484 e. The first-order valence-electron chi connectivity index (χ1n) is 9.15. The van der Waals surface area contributed by atoms with E-state index in [0.29, 0.717) is 42.4 Å². The molecule has 1 aliphatic heterocycles. The van der Waals surface area contributed by atoms with Crippen LogP contribution in [0.15, 0.2) is 42.5 Å². The van der Waals surface area contributed by atoms with E-state index in [1.807, 2.05) is 25.1 Å². The maximum atomic E-state index is 12.3. The number of nitrogens with one attached hydrogen (secondary N) is 1. The van der Waals surface area contributed by atoms with Crippen molar-refractivity contribution >= 4 is 33.2 Å². The predicted octanol–water partition coefficient (Wildman–Crippen LogP) is 3.46. The Hall–Kier alpha value is -2.09. The predicted molar refractivity (Wildman–Crippen MR) is 110 cm³/mol. The van der Waals surface area contributed by atoms with Crippen LogP contribution in [0, 0.1) is 0 Å². The van der Waals surface area contributed by atoms with E-state index in [0.717, 1.165) is 11.1 Å². The monoisotopic (exact) mass is 422 g/mol. The van der Waals surface area contributed by atoms with Gasteiger partial charge in [0.15, 0.2) is 6.61 Å². The fraction of sp³-hybridized carbons (Fsp3) is 0.350. The molecule has 0 atom stereocenters. The lowest BCUT2D eigenvalue weighted by Crippen LogP contribution is -2.37. The minimum atomic E-state index is -3.24. The molecular formula is C20H23ClN2O4S. The smallest absolute Gasteiger partial charge is 0.262 e. The molecular weight excluding hydrogens is 400 g/mol. The minimum absolute atomic E-state index is 0.144. The van der Waals surface area contributed by atoms with Crippen molar-refractivity contribution in [1.82, 2.24) is 4.31 Å². The number of ether oxygens (including phenoxy) is 1. The van der Waals surface area contributed by atoms with Crippen molar-refractivity contribution < 1.29 is 17.9 Å². The van der Waals surface area contributed by atoms with Crippen LogP contribution in [0.2, 0.25) is 5.02 Å². The Kier molecular flexibility index (Phi) is 6.59. The van der Waals surface area contributed by atoms with Crippen molar-refractivity contribution in [3.05, 3.63) is 58.6 Å². The van der Waals surface area contributed by atoms with Crippen LogP contribution in [-0.4, -0.2) is 37.5 Å². The molecule has 0 unspecified atom stereocenters. The topological polar surface area (TPSA) is 75.7 Å². The summed E-state index contributed by atoms with van der Waals surface area (Å²) in [5.74, 6) is 0.371. The second-order valence-electron chi connectivity index (χ2n) is 6.68. The molecule has 3 rings (SSSR count). The van der Waals surface area contributed by atoms with Gasteiger partial charge >= 0.3 is 0 Å². The Morgan fingerprint density at radius 1 is 1.21 bits per heavy atom. The number of benzene rings is 2. The number of anilines is 1. The van der Waals surface area contributed by atoms with Crippen molar-refractivity contribution in [2.24, 2.45) is 0 Å². The number of carbonyl (C=O) groups is 1. The first kappa shape index (κ1) is 20.6. The maximum absolute atomic E-state index is 12.3. The molecule has 150 valence electrons. The molecule has 0 fully saturated rings. The van der Waals surface area contributed by atoms with Crippen LogP contribution in [0.5, 0.6) is 5.75 Å². The number of hydrogen-bond donors (Lipinski definition) is 1. The fourth-order valence-corrected chi connectivity index (χ4v) is 4.80. The highest BCUT2D eigenvalue weighted by atomic mass is 35.5. The molecule has 1 amide bonds. The Morgan fingerprint density at radius 2 is 2.04 bits per heavy atom. The van der Waals surface area contributed by atoms with Gasteiger partial charge in [0.25, 0.3) is 5.91 Å². The second kappa shape index (κ2) is 8.94. The number of amides is 1. The van der Waals surface area contributed by atoms with Crippen LogP contribution in [0.1, 0.15) is 24.5 Å². The summed E-state index contributed by atoms with van der Waals surface area (Å²) in [6, 6.07) is 12.4. The third-order valence-electron chi connectivity index (χ3n) is 4.49. The van der Waals surface area contributed by atoms with Gasteiger partial charge in [-0.1, -0.05) is 30.7 Å². The van der Waals surface area contributed by atoms with E-state index in [2.05, 4.69) is 5.32 Å². The van der Waals surface area contributed by atoms with Crippen LogP contribution in [0.25, 0.3) is 0 Å². The van der Waals surface area contributed by atoms with E-state index < -0.39 is 10.0 Å². The maximum Gasteiger partial charge on any atom is 0.262 e. The summed E-state index contributed by atoms with van der Waals surface area (Å²) in [5.41, 5.74) is 2.64. The molecule has 1 aliphatic rings. The zero-order chi connectivity index (χ0) is 20.1. The quantitative estimate of drug-likeness (QED) is 0.741. The van der Waals surface area contributed by atoms with Gasteiger partial charge in [0.2, 0.25) is 10.0 Å². The Morgan fingerprint density at radius 3 is 2.79 bits per heavy atom. The van der Waals surface area contributed by atoms with Gasteiger partial charge in [-0.25, -0.2) is 8.42 Å². The Bertz CT molecular complexity index is 962. The van der Waals surface area contributed by atoms with Crippen LogP contribution in [-0.2, 0) is 27.8 Å². The SMILES string of the molecule is CCCS(=O)(=O)N1CCc2ccc(NC(=O)COc3cccc(Cl)c3)cc2C1. The molecule has 0 bridgehead atoms. The minimum Gasteiger partial charge on any atom is -0.484 e. The van der Waals surface area contributed by atoms with Crippen LogP contribution < -0.4 is 10.1 Å². The number of carbonyl (C=O) groups excluding carboxylic acids is 1. The Balaban J connectivity index is 1.62. The van der Waals surface area contributed by atoms with Crippen molar-refractivity contribution in [3.8, 4) is 5.75 Å². The van der Waals surface area contributed by atoms with E-state index in [1.54, 1.807) is 24.3 Å². The average Bonchev–Trinajstić information content (AvgIpc) is 2.66. The molecule has 0 radical (unpaired) electrons. The molecule has 0 saturated carbocycles. The van der Waals surface area contributed by atoms with Gasteiger partial charge in [-0.05, 0) is 54.3 Å². The van der Waals surface area contributed by atoms with Gasteiger partial charge in [0.05, 0.1) is 5.75 Å². The second-order valence-corrected chi connectivity index (χ2v) is 9.20. The fourth-order valence-electron chi connectivity index (χ4n) is 3.14. The summed E-state index contributed by atoms with van der Waals surface area (Å²) in [5, 5.41) is 3.33. The number of sulfonamides is 1. The van der Waals surface area contributed by atoms with E-state index >= 15 is 0 Å². The third-order valence-corrected chi connectivity index (χ3v) is 6.75. The lowest BCUT2D eigenvalue weighted by Gasteiger charge is -2.28. The first-order valence-corrected chi connectivity index (χ1v) is 11.1. The summed E-state index contributed by atoms with van der Waals surface area (Å²) in [4.78, 5) is 12.2. The summed E-state index contributed by atoms with van der Waals surface area (Å²) in [6.45, 7) is 2.54. The van der Waals surface area contributed by atoms with Crippen molar-refractivity contribution in [2.75, 3.05) is 24.2 Å². The number of nitrogens with zero attached hydrogens (tertiary/aromatic N) is 1. The molecule has 0 aromatic heterocycles. The van der Waals surface area contributed by atoms with Crippen LogP contribution >= 0.6 is 11.6 Å². The molecule has 6 nitrogen and oxygen atoms in total.